The molecule has 0 bridgehead atoms. The topological polar surface area (TPSA) is 72.5 Å². The van der Waals surface area contributed by atoms with Crippen molar-refractivity contribution < 1.29 is 14.6 Å². The van der Waals surface area contributed by atoms with Crippen LogP contribution in [0.25, 0.3) is 0 Å². The van der Waals surface area contributed by atoms with E-state index in [0.29, 0.717) is 0 Å². The summed E-state index contributed by atoms with van der Waals surface area (Å²) >= 11 is 0. The quantitative estimate of drug-likeness (QED) is 0.591. The highest BCUT2D eigenvalue weighted by Crippen LogP contribution is 2.00. The number of carbonyl (C=O) groups excluding carboxylic acids is 1. The molecule has 0 saturated heterocycles. The largest absolute Gasteiger partial charge is 0.461 e. The molecule has 0 heterocycles. The van der Waals surface area contributed by atoms with E-state index in [2.05, 4.69) is 0 Å². The fourth-order valence-electron chi connectivity index (χ4n) is 0.557. The molecule has 0 aromatic heterocycles. The summed E-state index contributed by atoms with van der Waals surface area (Å²) in [5.41, 5.74) is 5.34. The predicted octanol–water partition coefficient (Wildman–Crippen LogP) is 0.0362. The standard InChI is InChI=1S/C8H17NO3/c1-4-5(2)12-8(11)7(9)6(3)10/h5-7,10H,4,9H2,1-3H3. The molecule has 0 aliphatic heterocycles. The Morgan fingerprint density at radius 1 is 1.58 bits per heavy atom. The summed E-state index contributed by atoms with van der Waals surface area (Å²) in [7, 11) is 0. The minimum atomic E-state index is -0.931. The number of aliphatic hydroxyl groups is 1. The average Bonchev–Trinajstić information content (AvgIpc) is 2.02. The van der Waals surface area contributed by atoms with Crippen LogP contribution in [-0.2, 0) is 9.53 Å². The molecule has 3 atom stereocenters. The first-order valence-corrected chi connectivity index (χ1v) is 4.13. The van der Waals surface area contributed by atoms with Crippen LogP contribution in [0.15, 0.2) is 0 Å². The van der Waals surface area contributed by atoms with Gasteiger partial charge >= 0.3 is 5.97 Å². The fraction of sp³-hybridized carbons (Fsp3) is 0.875. The predicted molar refractivity (Wildman–Crippen MR) is 45.5 cm³/mol. The van der Waals surface area contributed by atoms with Crippen molar-refractivity contribution in [3.05, 3.63) is 0 Å². The van der Waals surface area contributed by atoms with Crippen molar-refractivity contribution >= 4 is 5.97 Å². The van der Waals surface area contributed by atoms with Gasteiger partial charge in [-0.15, -0.1) is 0 Å². The molecule has 0 aromatic rings. The lowest BCUT2D eigenvalue weighted by atomic mass is 10.2. The van der Waals surface area contributed by atoms with Gasteiger partial charge in [-0.05, 0) is 20.3 Å². The second kappa shape index (κ2) is 5.11. The highest BCUT2D eigenvalue weighted by atomic mass is 16.5. The zero-order valence-electron chi connectivity index (χ0n) is 7.78. The maximum atomic E-state index is 11.0. The molecule has 3 N–H and O–H groups in total. The van der Waals surface area contributed by atoms with E-state index in [-0.39, 0.29) is 6.10 Å². The SMILES string of the molecule is CCC(C)OC(=O)C(N)C(C)O. The van der Waals surface area contributed by atoms with Gasteiger partial charge < -0.3 is 15.6 Å². The third-order valence-electron chi connectivity index (χ3n) is 1.68. The zero-order chi connectivity index (χ0) is 9.72. The maximum absolute atomic E-state index is 11.0. The summed E-state index contributed by atoms with van der Waals surface area (Å²) in [5, 5.41) is 8.95. The maximum Gasteiger partial charge on any atom is 0.325 e. The molecule has 3 unspecified atom stereocenters. The van der Waals surface area contributed by atoms with Crippen molar-refractivity contribution in [1.29, 1.82) is 0 Å². The van der Waals surface area contributed by atoms with Crippen molar-refractivity contribution in [2.45, 2.75) is 45.4 Å². The smallest absolute Gasteiger partial charge is 0.325 e. The van der Waals surface area contributed by atoms with Gasteiger partial charge in [0, 0.05) is 0 Å². The van der Waals surface area contributed by atoms with Crippen molar-refractivity contribution in [2.75, 3.05) is 0 Å². The normalized spacial score (nSPS) is 18.1. The Balaban J connectivity index is 3.87. The Labute approximate surface area is 72.7 Å². The third-order valence-corrected chi connectivity index (χ3v) is 1.68. The molecular weight excluding hydrogens is 158 g/mol. The van der Waals surface area contributed by atoms with Crippen molar-refractivity contribution in [2.24, 2.45) is 5.73 Å². The van der Waals surface area contributed by atoms with Gasteiger partial charge in [0.05, 0.1) is 12.2 Å². The van der Waals surface area contributed by atoms with E-state index in [1.165, 1.54) is 6.92 Å². The lowest BCUT2D eigenvalue weighted by Gasteiger charge is -2.16. The highest BCUT2D eigenvalue weighted by Gasteiger charge is 2.21. The fourth-order valence-corrected chi connectivity index (χ4v) is 0.557. The number of carbonyl (C=O) groups is 1. The molecule has 0 aromatic carbocycles. The lowest BCUT2D eigenvalue weighted by molar-refractivity contribution is -0.152. The van der Waals surface area contributed by atoms with Gasteiger partial charge in [0.15, 0.2) is 0 Å². The first-order chi connectivity index (χ1) is 5.49. The van der Waals surface area contributed by atoms with Crippen LogP contribution in [0.5, 0.6) is 0 Å². The second-order valence-electron chi connectivity index (χ2n) is 2.92. The Hall–Kier alpha value is -0.610. The summed E-state index contributed by atoms with van der Waals surface area (Å²) in [4.78, 5) is 11.0. The molecule has 0 aliphatic carbocycles. The van der Waals surface area contributed by atoms with Gasteiger partial charge in [-0.3, -0.25) is 4.79 Å². The Morgan fingerprint density at radius 2 is 2.08 bits per heavy atom. The molecule has 4 nitrogen and oxygen atoms in total. The summed E-state index contributed by atoms with van der Waals surface area (Å²) < 4.78 is 4.90. The molecule has 0 aliphatic rings. The molecule has 0 saturated carbocycles. The zero-order valence-corrected chi connectivity index (χ0v) is 7.78. The van der Waals surface area contributed by atoms with Crippen molar-refractivity contribution in [3.63, 3.8) is 0 Å². The van der Waals surface area contributed by atoms with Crippen LogP contribution in [0.1, 0.15) is 27.2 Å². The average molecular weight is 175 g/mol. The summed E-state index contributed by atoms with van der Waals surface area (Å²) in [6.07, 6.45) is -0.248. The van der Waals surface area contributed by atoms with E-state index in [1.54, 1.807) is 6.92 Å². The van der Waals surface area contributed by atoms with E-state index in [1.807, 2.05) is 6.92 Å². The number of nitrogens with two attached hydrogens (primary N) is 1. The number of hydrogen-bond donors (Lipinski definition) is 2. The van der Waals surface area contributed by atoms with Gasteiger partial charge in [0.2, 0.25) is 0 Å². The number of rotatable bonds is 4. The summed E-state index contributed by atoms with van der Waals surface area (Å²) in [6, 6.07) is -0.931. The van der Waals surface area contributed by atoms with Crippen molar-refractivity contribution in [1.82, 2.24) is 0 Å². The number of ether oxygens (including phenoxy) is 1. The van der Waals surface area contributed by atoms with Crippen LogP contribution in [0, 0.1) is 0 Å². The molecule has 0 amide bonds. The van der Waals surface area contributed by atoms with Crippen LogP contribution in [0.2, 0.25) is 0 Å². The summed E-state index contributed by atoms with van der Waals surface area (Å²) in [5.74, 6) is -0.542. The monoisotopic (exact) mass is 175 g/mol. The molecule has 0 rings (SSSR count). The van der Waals surface area contributed by atoms with Crippen molar-refractivity contribution in [3.8, 4) is 0 Å². The minimum absolute atomic E-state index is 0.137. The third kappa shape index (κ3) is 3.69. The number of hydrogen-bond acceptors (Lipinski definition) is 4. The molecule has 0 fully saturated rings. The van der Waals surface area contributed by atoms with Gasteiger partial charge in [-0.2, -0.15) is 0 Å². The van der Waals surface area contributed by atoms with E-state index in [0.717, 1.165) is 6.42 Å². The molecule has 72 valence electrons. The van der Waals surface area contributed by atoms with Crippen LogP contribution >= 0.6 is 0 Å². The van der Waals surface area contributed by atoms with E-state index >= 15 is 0 Å². The van der Waals surface area contributed by atoms with E-state index < -0.39 is 18.1 Å². The first-order valence-electron chi connectivity index (χ1n) is 4.13. The molecule has 0 spiro atoms. The lowest BCUT2D eigenvalue weighted by Crippen LogP contribution is -2.42. The Kier molecular flexibility index (Phi) is 4.85. The van der Waals surface area contributed by atoms with E-state index in [4.69, 9.17) is 15.6 Å². The first kappa shape index (κ1) is 11.4. The van der Waals surface area contributed by atoms with Gasteiger partial charge in [-0.1, -0.05) is 6.92 Å². The van der Waals surface area contributed by atoms with Crippen LogP contribution < -0.4 is 5.73 Å². The Morgan fingerprint density at radius 3 is 2.42 bits per heavy atom. The van der Waals surface area contributed by atoms with Crippen LogP contribution in [0.4, 0.5) is 0 Å². The number of esters is 1. The molecule has 0 radical (unpaired) electrons. The van der Waals surface area contributed by atoms with Gasteiger partial charge in [-0.25, -0.2) is 0 Å². The Bertz CT molecular complexity index is 147. The molecule has 4 heteroatoms. The van der Waals surface area contributed by atoms with Crippen LogP contribution in [-0.4, -0.2) is 29.3 Å². The number of aliphatic hydroxyl groups excluding tert-OH is 1. The van der Waals surface area contributed by atoms with Gasteiger partial charge in [0.25, 0.3) is 0 Å². The van der Waals surface area contributed by atoms with E-state index in [9.17, 15) is 4.79 Å². The molecule has 12 heavy (non-hydrogen) atoms. The minimum Gasteiger partial charge on any atom is -0.461 e. The summed E-state index contributed by atoms with van der Waals surface area (Å²) in [6.45, 7) is 5.15. The highest BCUT2D eigenvalue weighted by molar-refractivity contribution is 5.76. The second-order valence-corrected chi connectivity index (χ2v) is 2.92. The van der Waals surface area contributed by atoms with Crippen LogP contribution in [0.3, 0.4) is 0 Å². The van der Waals surface area contributed by atoms with Gasteiger partial charge in [0.1, 0.15) is 6.04 Å². The molecular formula is C8H17NO3.